The average molecular weight is 339 g/mol. The Kier molecular flexibility index (Phi) is 3.66. The van der Waals surface area contributed by atoms with Gasteiger partial charge in [-0.2, -0.15) is 4.31 Å². The van der Waals surface area contributed by atoms with Crippen LogP contribution in [0.25, 0.3) is 0 Å². The van der Waals surface area contributed by atoms with E-state index >= 15 is 0 Å². The van der Waals surface area contributed by atoms with Crippen LogP contribution in [-0.2, 0) is 10.0 Å². The van der Waals surface area contributed by atoms with Gasteiger partial charge < -0.3 is 5.73 Å². The minimum absolute atomic E-state index is 0.0609. The molecule has 2 rings (SSSR count). The van der Waals surface area contributed by atoms with Crippen LogP contribution in [0.1, 0.15) is 12.5 Å². The van der Waals surface area contributed by atoms with Gasteiger partial charge in [0.05, 0.1) is 3.79 Å². The molecule has 1 aromatic heterocycles. The number of nitrogens with zero attached hydrogens (tertiary/aromatic N) is 1. The van der Waals surface area contributed by atoms with E-state index in [4.69, 9.17) is 5.73 Å². The Hall–Kier alpha value is 0.0500. The standard InChI is InChI=1S/C10H15BrN2O2S2/c1-6-3-9(16-10(6)11)17(14,15)13-4-7(2)8(12)5-13/h3,7-8H,4-5,12H2,1-2H3. The molecule has 1 fully saturated rings. The van der Waals surface area contributed by atoms with Gasteiger partial charge in [0.25, 0.3) is 10.0 Å². The summed E-state index contributed by atoms with van der Waals surface area (Å²) in [4.78, 5) is 0. The third-order valence-electron chi connectivity index (χ3n) is 3.07. The van der Waals surface area contributed by atoms with Crippen LogP contribution in [-0.4, -0.2) is 31.9 Å². The summed E-state index contributed by atoms with van der Waals surface area (Å²) in [6.45, 7) is 4.80. The number of rotatable bonds is 2. The van der Waals surface area contributed by atoms with Crippen LogP contribution in [0.4, 0.5) is 0 Å². The van der Waals surface area contributed by atoms with Gasteiger partial charge in [0.15, 0.2) is 0 Å². The maximum Gasteiger partial charge on any atom is 0.252 e. The Labute approximate surface area is 114 Å². The highest BCUT2D eigenvalue weighted by Crippen LogP contribution is 2.33. The summed E-state index contributed by atoms with van der Waals surface area (Å²) < 4.78 is 27.4. The summed E-state index contributed by atoms with van der Waals surface area (Å²) >= 11 is 4.61. The molecule has 7 heteroatoms. The van der Waals surface area contributed by atoms with Crippen LogP contribution in [0.2, 0.25) is 0 Å². The summed E-state index contributed by atoms with van der Waals surface area (Å²) in [7, 11) is -3.36. The molecule has 1 saturated heterocycles. The van der Waals surface area contributed by atoms with Gasteiger partial charge in [-0.05, 0) is 40.4 Å². The lowest BCUT2D eigenvalue weighted by atomic mass is 10.1. The highest BCUT2D eigenvalue weighted by molar-refractivity contribution is 9.11. The van der Waals surface area contributed by atoms with Crippen LogP contribution in [0, 0.1) is 12.8 Å². The lowest BCUT2D eigenvalue weighted by Crippen LogP contribution is -2.31. The fraction of sp³-hybridized carbons (Fsp3) is 0.600. The van der Waals surface area contributed by atoms with Gasteiger partial charge in [-0.1, -0.05) is 6.92 Å². The summed E-state index contributed by atoms with van der Waals surface area (Å²) in [5, 5.41) is 0. The van der Waals surface area contributed by atoms with Crippen molar-refractivity contribution in [3.05, 3.63) is 15.4 Å². The molecule has 1 aromatic rings. The van der Waals surface area contributed by atoms with Crippen LogP contribution in [0.5, 0.6) is 0 Å². The highest BCUT2D eigenvalue weighted by Gasteiger charge is 2.36. The van der Waals surface area contributed by atoms with Crippen LogP contribution < -0.4 is 5.73 Å². The normalized spacial score (nSPS) is 26.6. The quantitative estimate of drug-likeness (QED) is 0.893. The van der Waals surface area contributed by atoms with E-state index < -0.39 is 10.0 Å². The van der Waals surface area contributed by atoms with E-state index in [1.165, 1.54) is 15.6 Å². The van der Waals surface area contributed by atoms with Gasteiger partial charge in [-0.3, -0.25) is 0 Å². The molecular formula is C10H15BrN2O2S2. The zero-order valence-electron chi connectivity index (χ0n) is 9.68. The van der Waals surface area contributed by atoms with E-state index in [0.29, 0.717) is 17.3 Å². The maximum atomic E-state index is 12.4. The molecule has 0 aromatic carbocycles. The van der Waals surface area contributed by atoms with Crippen molar-refractivity contribution >= 4 is 37.3 Å². The SMILES string of the molecule is Cc1cc(S(=O)(=O)N2CC(C)C(N)C2)sc1Br. The van der Waals surface area contributed by atoms with E-state index in [2.05, 4.69) is 15.9 Å². The van der Waals surface area contributed by atoms with Crippen molar-refractivity contribution in [1.82, 2.24) is 4.31 Å². The maximum absolute atomic E-state index is 12.4. The van der Waals surface area contributed by atoms with E-state index in [0.717, 1.165) is 9.35 Å². The van der Waals surface area contributed by atoms with Gasteiger partial charge in [0, 0.05) is 19.1 Å². The summed E-state index contributed by atoms with van der Waals surface area (Å²) in [5.74, 6) is 0.217. The molecule has 2 N–H and O–H groups in total. The first kappa shape index (κ1) is 13.5. The second kappa shape index (κ2) is 4.62. The second-order valence-corrected chi connectivity index (χ2v) is 9.02. The van der Waals surface area contributed by atoms with Crippen LogP contribution in [0.3, 0.4) is 0 Å². The molecular weight excluding hydrogens is 324 g/mol. The molecule has 0 spiro atoms. The molecule has 4 nitrogen and oxygen atoms in total. The van der Waals surface area contributed by atoms with E-state index in [-0.39, 0.29) is 12.0 Å². The molecule has 0 saturated carbocycles. The Morgan fingerprint density at radius 2 is 2.18 bits per heavy atom. The number of thiophene rings is 1. The van der Waals surface area contributed by atoms with Gasteiger partial charge in [-0.25, -0.2) is 8.42 Å². The third kappa shape index (κ3) is 2.44. The van der Waals surface area contributed by atoms with Crippen molar-refractivity contribution in [2.75, 3.05) is 13.1 Å². The molecule has 0 aliphatic carbocycles. The van der Waals surface area contributed by atoms with Gasteiger partial charge in [-0.15, -0.1) is 11.3 Å². The molecule has 1 aliphatic heterocycles. The predicted molar refractivity (Wildman–Crippen MR) is 72.7 cm³/mol. The Morgan fingerprint density at radius 1 is 1.53 bits per heavy atom. The van der Waals surface area contributed by atoms with Gasteiger partial charge in [0.2, 0.25) is 0 Å². The average Bonchev–Trinajstić information content (AvgIpc) is 2.74. The number of hydrogen-bond donors (Lipinski definition) is 1. The van der Waals surface area contributed by atoms with E-state index in [9.17, 15) is 8.42 Å². The molecule has 17 heavy (non-hydrogen) atoms. The molecule has 1 aliphatic rings. The molecule has 2 unspecified atom stereocenters. The fourth-order valence-corrected chi connectivity index (χ4v) is 5.79. The number of sulfonamides is 1. The molecule has 96 valence electrons. The van der Waals surface area contributed by atoms with Gasteiger partial charge in [0.1, 0.15) is 4.21 Å². The van der Waals surface area contributed by atoms with Crippen molar-refractivity contribution < 1.29 is 8.42 Å². The molecule has 0 amide bonds. The lowest BCUT2D eigenvalue weighted by molar-refractivity contribution is 0.466. The van der Waals surface area contributed by atoms with Crippen LogP contribution >= 0.6 is 27.3 Å². The van der Waals surface area contributed by atoms with Crippen molar-refractivity contribution in [2.45, 2.75) is 24.1 Å². The number of nitrogens with two attached hydrogens (primary N) is 1. The Morgan fingerprint density at radius 3 is 2.59 bits per heavy atom. The number of hydrogen-bond acceptors (Lipinski definition) is 4. The van der Waals surface area contributed by atoms with Crippen molar-refractivity contribution in [2.24, 2.45) is 11.7 Å². The van der Waals surface area contributed by atoms with E-state index in [1.54, 1.807) is 6.07 Å². The molecule has 2 atom stereocenters. The summed E-state index contributed by atoms with van der Waals surface area (Å²) in [6, 6.07) is 1.65. The zero-order chi connectivity index (χ0) is 12.8. The van der Waals surface area contributed by atoms with Crippen molar-refractivity contribution in [3.8, 4) is 0 Å². The highest BCUT2D eigenvalue weighted by atomic mass is 79.9. The minimum Gasteiger partial charge on any atom is -0.326 e. The lowest BCUT2D eigenvalue weighted by Gasteiger charge is -2.14. The summed E-state index contributed by atoms with van der Waals surface area (Å²) in [5.41, 5.74) is 6.82. The number of aryl methyl sites for hydroxylation is 1. The number of halogens is 1. The first-order valence-corrected chi connectivity index (χ1v) is 8.39. The topological polar surface area (TPSA) is 63.4 Å². The predicted octanol–water partition coefficient (Wildman–Crippen LogP) is 1.79. The Bertz CT molecular complexity index is 497. The minimum atomic E-state index is -3.36. The van der Waals surface area contributed by atoms with Gasteiger partial charge >= 0.3 is 0 Å². The monoisotopic (exact) mass is 338 g/mol. The fourth-order valence-electron chi connectivity index (χ4n) is 1.83. The van der Waals surface area contributed by atoms with Crippen molar-refractivity contribution in [3.63, 3.8) is 0 Å². The van der Waals surface area contributed by atoms with Crippen LogP contribution in [0.15, 0.2) is 14.1 Å². The zero-order valence-corrected chi connectivity index (χ0v) is 12.9. The summed E-state index contributed by atoms with van der Waals surface area (Å²) in [6.07, 6.45) is 0. The molecule has 0 radical (unpaired) electrons. The first-order chi connectivity index (χ1) is 7.82. The largest absolute Gasteiger partial charge is 0.326 e. The van der Waals surface area contributed by atoms with E-state index in [1.807, 2.05) is 13.8 Å². The van der Waals surface area contributed by atoms with Crippen molar-refractivity contribution in [1.29, 1.82) is 0 Å². The Balaban J connectivity index is 2.31. The second-order valence-electron chi connectivity index (χ2n) is 4.49. The first-order valence-electron chi connectivity index (χ1n) is 5.34. The third-order valence-corrected chi connectivity index (χ3v) is 7.48. The molecule has 0 bridgehead atoms. The molecule has 2 heterocycles. The smallest absolute Gasteiger partial charge is 0.252 e.